The zero-order valence-corrected chi connectivity index (χ0v) is 12.3. The molecule has 0 spiro atoms. The molecular formula is C15H20N2O4. The first-order chi connectivity index (χ1) is 9.99. The summed E-state index contributed by atoms with van der Waals surface area (Å²) in [6.45, 7) is 4.21. The number of benzene rings is 1. The molecule has 0 radical (unpaired) electrons. The normalized spacial score (nSPS) is 9.81. The van der Waals surface area contributed by atoms with E-state index >= 15 is 0 Å². The van der Waals surface area contributed by atoms with Gasteiger partial charge in [0.05, 0.1) is 18.4 Å². The summed E-state index contributed by atoms with van der Waals surface area (Å²) in [5, 5.41) is 11.6. The van der Waals surface area contributed by atoms with Crippen molar-refractivity contribution in [3.63, 3.8) is 0 Å². The van der Waals surface area contributed by atoms with Crippen LogP contribution in [0.3, 0.4) is 0 Å². The summed E-state index contributed by atoms with van der Waals surface area (Å²) in [6.07, 6.45) is 3.44. The molecule has 0 fully saturated rings. The average molecular weight is 292 g/mol. The van der Waals surface area contributed by atoms with Crippen LogP contribution in [-0.2, 0) is 0 Å². The summed E-state index contributed by atoms with van der Waals surface area (Å²) in [6, 6.07) is 3.98. The summed E-state index contributed by atoms with van der Waals surface area (Å²) in [4.78, 5) is 24.5. The topological polar surface area (TPSA) is 78.9 Å². The maximum absolute atomic E-state index is 12.0. The third-order valence-corrected chi connectivity index (χ3v) is 2.94. The number of anilines is 1. The van der Waals surface area contributed by atoms with Gasteiger partial charge < -0.3 is 20.1 Å². The van der Waals surface area contributed by atoms with Crippen LogP contribution in [0.25, 0.3) is 0 Å². The molecule has 2 amide bonds. The molecule has 0 bridgehead atoms. The SMILES string of the molecule is C=CCCCN(C)C(=O)Nc1cc(C(=O)O)ccc1OC. The van der Waals surface area contributed by atoms with Crippen LogP contribution in [0.1, 0.15) is 23.2 Å². The van der Waals surface area contributed by atoms with Crippen LogP contribution in [0.5, 0.6) is 5.75 Å². The predicted molar refractivity (Wildman–Crippen MR) is 81.0 cm³/mol. The average Bonchev–Trinajstić information content (AvgIpc) is 2.47. The monoisotopic (exact) mass is 292 g/mol. The molecule has 114 valence electrons. The van der Waals surface area contributed by atoms with Gasteiger partial charge in [0.25, 0.3) is 0 Å². The Kier molecular flexibility index (Phi) is 6.26. The highest BCUT2D eigenvalue weighted by Crippen LogP contribution is 2.25. The zero-order valence-electron chi connectivity index (χ0n) is 12.3. The number of methoxy groups -OCH3 is 1. The molecule has 6 nitrogen and oxygen atoms in total. The van der Waals surface area contributed by atoms with E-state index < -0.39 is 5.97 Å². The maximum Gasteiger partial charge on any atom is 0.335 e. The molecule has 0 atom stereocenters. The molecule has 0 aliphatic rings. The van der Waals surface area contributed by atoms with Crippen LogP contribution >= 0.6 is 0 Å². The Bertz CT molecular complexity index is 528. The van der Waals surface area contributed by atoms with Gasteiger partial charge in [-0.25, -0.2) is 9.59 Å². The number of aromatic carboxylic acids is 1. The lowest BCUT2D eigenvalue weighted by Gasteiger charge is -2.19. The van der Waals surface area contributed by atoms with Crippen LogP contribution in [0.2, 0.25) is 0 Å². The molecule has 1 aromatic carbocycles. The van der Waals surface area contributed by atoms with Crippen LogP contribution in [0.4, 0.5) is 10.5 Å². The van der Waals surface area contributed by atoms with Crippen molar-refractivity contribution in [2.45, 2.75) is 12.8 Å². The Hall–Kier alpha value is -2.50. The third kappa shape index (κ3) is 4.83. The number of nitrogens with one attached hydrogen (secondary N) is 1. The highest BCUT2D eigenvalue weighted by atomic mass is 16.5. The number of unbranched alkanes of at least 4 members (excludes halogenated alkanes) is 1. The molecule has 0 heterocycles. The molecule has 2 N–H and O–H groups in total. The van der Waals surface area contributed by atoms with Crippen molar-refractivity contribution in [1.82, 2.24) is 4.90 Å². The summed E-state index contributed by atoms with van der Waals surface area (Å²) < 4.78 is 5.12. The van der Waals surface area contributed by atoms with E-state index in [0.717, 1.165) is 12.8 Å². The fourth-order valence-corrected chi connectivity index (χ4v) is 1.72. The quantitative estimate of drug-likeness (QED) is 0.598. The van der Waals surface area contributed by atoms with E-state index in [-0.39, 0.29) is 11.6 Å². The molecule has 0 aromatic heterocycles. The summed E-state index contributed by atoms with van der Waals surface area (Å²) in [7, 11) is 3.13. The molecule has 0 unspecified atom stereocenters. The highest BCUT2D eigenvalue weighted by molar-refractivity contribution is 5.94. The second kappa shape index (κ2) is 7.94. The molecule has 0 saturated carbocycles. The smallest absolute Gasteiger partial charge is 0.335 e. The Morgan fingerprint density at radius 1 is 1.48 bits per heavy atom. The van der Waals surface area contributed by atoms with Gasteiger partial charge in [-0.05, 0) is 31.0 Å². The third-order valence-electron chi connectivity index (χ3n) is 2.94. The zero-order chi connectivity index (χ0) is 15.8. The van der Waals surface area contributed by atoms with Gasteiger partial charge in [-0.3, -0.25) is 0 Å². The second-order valence-electron chi connectivity index (χ2n) is 4.50. The number of nitrogens with zero attached hydrogens (tertiary/aromatic N) is 1. The number of amides is 2. The number of urea groups is 1. The lowest BCUT2D eigenvalue weighted by Crippen LogP contribution is -2.32. The summed E-state index contributed by atoms with van der Waals surface area (Å²) in [5.41, 5.74) is 0.415. The lowest BCUT2D eigenvalue weighted by atomic mass is 10.2. The molecule has 1 aromatic rings. The summed E-state index contributed by atoms with van der Waals surface area (Å²) >= 11 is 0. The molecule has 21 heavy (non-hydrogen) atoms. The van der Waals surface area contributed by atoms with E-state index in [0.29, 0.717) is 18.0 Å². The van der Waals surface area contributed by atoms with Gasteiger partial charge in [0, 0.05) is 13.6 Å². The number of allylic oxidation sites excluding steroid dienone is 1. The van der Waals surface area contributed by atoms with Crippen molar-refractivity contribution < 1.29 is 19.4 Å². The fraction of sp³-hybridized carbons (Fsp3) is 0.333. The van der Waals surface area contributed by atoms with Gasteiger partial charge in [0.2, 0.25) is 0 Å². The van der Waals surface area contributed by atoms with Crippen molar-refractivity contribution in [3.8, 4) is 5.75 Å². The number of hydrogen-bond acceptors (Lipinski definition) is 3. The maximum atomic E-state index is 12.0. The minimum Gasteiger partial charge on any atom is -0.495 e. The Morgan fingerprint density at radius 3 is 2.76 bits per heavy atom. The largest absolute Gasteiger partial charge is 0.495 e. The fourth-order valence-electron chi connectivity index (χ4n) is 1.72. The Balaban J connectivity index is 2.80. The minimum absolute atomic E-state index is 0.0837. The molecule has 0 saturated heterocycles. The molecule has 1 rings (SSSR count). The number of ether oxygens (including phenoxy) is 1. The van der Waals surface area contributed by atoms with Gasteiger partial charge in [-0.15, -0.1) is 6.58 Å². The van der Waals surface area contributed by atoms with E-state index in [2.05, 4.69) is 11.9 Å². The number of carbonyl (C=O) groups is 2. The van der Waals surface area contributed by atoms with Crippen LogP contribution in [-0.4, -0.2) is 42.7 Å². The van der Waals surface area contributed by atoms with E-state index in [9.17, 15) is 9.59 Å². The van der Waals surface area contributed by atoms with Gasteiger partial charge in [0.1, 0.15) is 5.75 Å². The van der Waals surface area contributed by atoms with Gasteiger partial charge in [-0.2, -0.15) is 0 Å². The first kappa shape index (κ1) is 16.6. The molecular weight excluding hydrogens is 272 g/mol. The number of rotatable bonds is 7. The Morgan fingerprint density at radius 2 is 2.19 bits per heavy atom. The number of hydrogen-bond donors (Lipinski definition) is 2. The molecule has 6 heteroatoms. The highest BCUT2D eigenvalue weighted by Gasteiger charge is 2.14. The van der Waals surface area contributed by atoms with Gasteiger partial charge in [0.15, 0.2) is 0 Å². The summed E-state index contributed by atoms with van der Waals surface area (Å²) in [5.74, 6) is -0.652. The number of carboxylic acid groups (broad SMARTS) is 1. The Labute approximate surface area is 124 Å². The molecule has 0 aliphatic heterocycles. The van der Waals surface area contributed by atoms with Crippen LogP contribution in [0.15, 0.2) is 30.9 Å². The van der Waals surface area contributed by atoms with Crippen molar-refractivity contribution >= 4 is 17.7 Å². The second-order valence-corrected chi connectivity index (χ2v) is 4.50. The van der Waals surface area contributed by atoms with Crippen molar-refractivity contribution in [3.05, 3.63) is 36.4 Å². The van der Waals surface area contributed by atoms with Gasteiger partial charge in [-0.1, -0.05) is 6.08 Å². The van der Waals surface area contributed by atoms with E-state index in [1.54, 1.807) is 13.1 Å². The van der Waals surface area contributed by atoms with Crippen molar-refractivity contribution in [2.24, 2.45) is 0 Å². The standard InChI is InChI=1S/C15H20N2O4/c1-4-5-6-9-17(2)15(20)16-12-10-11(14(18)19)7-8-13(12)21-3/h4,7-8,10H,1,5-6,9H2,2-3H3,(H,16,20)(H,18,19). The first-order valence-electron chi connectivity index (χ1n) is 6.54. The van der Waals surface area contributed by atoms with Crippen LogP contribution in [0, 0.1) is 0 Å². The predicted octanol–water partition coefficient (Wildman–Crippen LogP) is 2.82. The van der Waals surface area contributed by atoms with Crippen molar-refractivity contribution in [2.75, 3.05) is 26.0 Å². The number of carbonyl (C=O) groups excluding carboxylic acids is 1. The van der Waals surface area contributed by atoms with Crippen LogP contribution < -0.4 is 10.1 Å². The lowest BCUT2D eigenvalue weighted by molar-refractivity contribution is 0.0697. The molecule has 0 aliphatic carbocycles. The van der Waals surface area contributed by atoms with Crippen molar-refractivity contribution in [1.29, 1.82) is 0 Å². The van der Waals surface area contributed by atoms with Gasteiger partial charge >= 0.3 is 12.0 Å². The minimum atomic E-state index is -1.06. The number of carboxylic acids is 1. The first-order valence-corrected chi connectivity index (χ1v) is 6.54. The van der Waals surface area contributed by atoms with E-state index in [4.69, 9.17) is 9.84 Å². The van der Waals surface area contributed by atoms with E-state index in [1.165, 1.54) is 30.2 Å². The van der Waals surface area contributed by atoms with E-state index in [1.807, 2.05) is 0 Å².